The van der Waals surface area contributed by atoms with Gasteiger partial charge in [-0.15, -0.1) is 10.2 Å². The van der Waals surface area contributed by atoms with Crippen LogP contribution < -0.4 is 5.32 Å². The molecule has 1 fully saturated rings. The number of nitrogens with one attached hydrogen (secondary N) is 1. The van der Waals surface area contributed by atoms with Crippen molar-refractivity contribution in [1.29, 1.82) is 0 Å². The summed E-state index contributed by atoms with van der Waals surface area (Å²) >= 11 is 0. The number of tetrazole rings is 1. The van der Waals surface area contributed by atoms with Gasteiger partial charge < -0.3 is 5.32 Å². The van der Waals surface area contributed by atoms with E-state index in [0.29, 0.717) is 5.92 Å². The molecule has 1 N–H and O–H groups in total. The second-order valence-corrected chi connectivity index (χ2v) is 4.72. The molecule has 0 bridgehead atoms. The number of aromatic nitrogens is 4. The largest absolute Gasteiger partial charge is 0.316 e. The van der Waals surface area contributed by atoms with E-state index >= 15 is 0 Å². The number of nitrogens with zero attached hydrogens (tertiary/aromatic N) is 4. The third kappa shape index (κ3) is 2.26. The number of hydrogen-bond acceptors (Lipinski definition) is 4. The van der Waals surface area contributed by atoms with E-state index in [1.165, 1.54) is 24.7 Å². The molecule has 2 atom stereocenters. The molecule has 5 heteroatoms. The van der Waals surface area contributed by atoms with Crippen LogP contribution in [0.2, 0.25) is 0 Å². The van der Waals surface area contributed by atoms with Gasteiger partial charge in [0.25, 0.3) is 0 Å². The van der Waals surface area contributed by atoms with E-state index in [9.17, 15) is 0 Å². The van der Waals surface area contributed by atoms with E-state index in [1.807, 2.05) is 6.07 Å². The molecule has 2 aromatic rings. The molecule has 0 aliphatic carbocycles. The summed E-state index contributed by atoms with van der Waals surface area (Å²) in [5, 5.41) is 15.6. The molecule has 1 aliphatic rings. The third-order valence-corrected chi connectivity index (χ3v) is 3.54. The molecule has 18 heavy (non-hydrogen) atoms. The van der Waals surface area contributed by atoms with Crippen LogP contribution in [0.15, 0.2) is 36.7 Å². The zero-order chi connectivity index (χ0) is 12.2. The summed E-state index contributed by atoms with van der Waals surface area (Å²) in [4.78, 5) is 1.74. The summed E-state index contributed by atoms with van der Waals surface area (Å²) in [5.41, 5.74) is 1.25. The number of rotatable bonds is 3. The van der Waals surface area contributed by atoms with Crippen molar-refractivity contribution in [3.05, 3.63) is 42.2 Å². The summed E-state index contributed by atoms with van der Waals surface area (Å²) in [7, 11) is 0. The smallest absolute Gasteiger partial charge is 0.162 e. The maximum absolute atomic E-state index is 4.23. The van der Waals surface area contributed by atoms with E-state index in [0.717, 1.165) is 13.1 Å². The molecular weight excluding hydrogens is 226 g/mol. The lowest BCUT2D eigenvalue weighted by molar-refractivity contribution is 0.261. The summed E-state index contributed by atoms with van der Waals surface area (Å²) in [6, 6.07) is 10.6. The molecule has 0 spiro atoms. The average Bonchev–Trinajstić information content (AvgIpc) is 2.95. The van der Waals surface area contributed by atoms with Crippen molar-refractivity contribution in [2.75, 3.05) is 13.1 Å². The van der Waals surface area contributed by atoms with Gasteiger partial charge in [0.15, 0.2) is 6.33 Å². The van der Waals surface area contributed by atoms with Crippen LogP contribution in [0.5, 0.6) is 0 Å². The minimum absolute atomic E-state index is 0.182. The lowest BCUT2D eigenvalue weighted by Crippen LogP contribution is -2.36. The van der Waals surface area contributed by atoms with Crippen LogP contribution in [0.4, 0.5) is 0 Å². The summed E-state index contributed by atoms with van der Waals surface area (Å²) < 4.78 is 0. The van der Waals surface area contributed by atoms with Gasteiger partial charge in [0, 0.05) is 6.54 Å². The maximum atomic E-state index is 4.23. The highest BCUT2D eigenvalue weighted by atomic mass is 15.6. The summed E-state index contributed by atoms with van der Waals surface area (Å²) in [5.74, 6) is 0.523. The molecule has 0 amide bonds. The van der Waals surface area contributed by atoms with Gasteiger partial charge in [-0.3, -0.25) is 0 Å². The lowest BCUT2D eigenvalue weighted by atomic mass is 9.87. The zero-order valence-corrected chi connectivity index (χ0v) is 10.2. The molecule has 3 rings (SSSR count). The van der Waals surface area contributed by atoms with Crippen LogP contribution in [0, 0.1) is 5.92 Å². The first-order valence-corrected chi connectivity index (χ1v) is 6.43. The second kappa shape index (κ2) is 5.27. The van der Waals surface area contributed by atoms with Crippen LogP contribution >= 0.6 is 0 Å². The Kier molecular flexibility index (Phi) is 3.32. The van der Waals surface area contributed by atoms with Crippen molar-refractivity contribution in [2.45, 2.75) is 18.9 Å². The van der Waals surface area contributed by atoms with Gasteiger partial charge in [-0.25, -0.2) is 0 Å². The molecule has 1 unspecified atom stereocenters. The molecule has 1 aromatic carbocycles. The van der Waals surface area contributed by atoms with Crippen LogP contribution in [0.25, 0.3) is 0 Å². The predicted molar refractivity (Wildman–Crippen MR) is 68.0 cm³/mol. The molecule has 5 nitrogen and oxygen atoms in total. The fraction of sp³-hybridized carbons (Fsp3) is 0.462. The van der Waals surface area contributed by atoms with Crippen molar-refractivity contribution in [1.82, 2.24) is 25.5 Å². The first-order chi connectivity index (χ1) is 8.95. The highest BCUT2D eigenvalue weighted by molar-refractivity contribution is 5.20. The zero-order valence-electron chi connectivity index (χ0n) is 10.2. The lowest BCUT2D eigenvalue weighted by Gasteiger charge is -2.30. The Bertz CT molecular complexity index is 461. The van der Waals surface area contributed by atoms with Gasteiger partial charge in [0.2, 0.25) is 0 Å². The van der Waals surface area contributed by atoms with Gasteiger partial charge >= 0.3 is 0 Å². The van der Waals surface area contributed by atoms with E-state index < -0.39 is 0 Å². The van der Waals surface area contributed by atoms with Crippen LogP contribution in [0.3, 0.4) is 0 Å². The predicted octanol–water partition coefficient (Wildman–Crippen LogP) is 1.26. The minimum atomic E-state index is 0.182. The second-order valence-electron chi connectivity index (χ2n) is 4.72. The normalized spacial score (nSPS) is 21.7. The summed E-state index contributed by atoms with van der Waals surface area (Å²) in [6.45, 7) is 2.13. The average molecular weight is 243 g/mol. The van der Waals surface area contributed by atoms with Crippen molar-refractivity contribution in [3.63, 3.8) is 0 Å². The van der Waals surface area contributed by atoms with E-state index in [1.54, 1.807) is 4.80 Å². The summed E-state index contributed by atoms with van der Waals surface area (Å²) in [6.07, 6.45) is 3.92. The fourth-order valence-corrected chi connectivity index (χ4v) is 2.70. The Morgan fingerprint density at radius 2 is 2.17 bits per heavy atom. The van der Waals surface area contributed by atoms with Crippen LogP contribution in [-0.2, 0) is 0 Å². The fourth-order valence-electron chi connectivity index (χ4n) is 2.70. The molecular formula is C13H17N5. The monoisotopic (exact) mass is 243 g/mol. The van der Waals surface area contributed by atoms with Gasteiger partial charge in [0.1, 0.15) is 6.04 Å². The molecule has 1 saturated heterocycles. The Hall–Kier alpha value is -1.75. The Morgan fingerprint density at radius 3 is 2.83 bits per heavy atom. The topological polar surface area (TPSA) is 55.6 Å². The molecule has 1 aromatic heterocycles. The Labute approximate surface area is 106 Å². The first kappa shape index (κ1) is 11.3. The number of piperidine rings is 1. The molecule has 2 heterocycles. The highest BCUT2D eigenvalue weighted by Crippen LogP contribution is 2.29. The van der Waals surface area contributed by atoms with Gasteiger partial charge in [0.05, 0.1) is 0 Å². The molecule has 1 aliphatic heterocycles. The van der Waals surface area contributed by atoms with E-state index in [-0.39, 0.29) is 6.04 Å². The van der Waals surface area contributed by atoms with Gasteiger partial charge in [-0.05, 0) is 36.1 Å². The molecule has 0 radical (unpaired) electrons. The SMILES string of the molecule is c1ccc([C@H](C2CCCNC2)n2ncnn2)cc1. The number of benzene rings is 1. The third-order valence-electron chi connectivity index (χ3n) is 3.54. The minimum Gasteiger partial charge on any atom is -0.316 e. The first-order valence-electron chi connectivity index (χ1n) is 6.43. The Morgan fingerprint density at radius 1 is 1.28 bits per heavy atom. The van der Waals surface area contributed by atoms with Crippen molar-refractivity contribution in [2.24, 2.45) is 5.92 Å². The standard InChI is InChI=1S/C13H17N5/c1-2-5-11(6-3-1)13(18-16-10-15-17-18)12-7-4-8-14-9-12/h1-3,5-6,10,12-14H,4,7-9H2/t12?,13-/m1/s1. The van der Waals surface area contributed by atoms with Crippen molar-refractivity contribution >= 4 is 0 Å². The van der Waals surface area contributed by atoms with Crippen LogP contribution in [0.1, 0.15) is 24.4 Å². The Balaban J connectivity index is 1.93. The van der Waals surface area contributed by atoms with Crippen LogP contribution in [-0.4, -0.2) is 33.3 Å². The highest BCUT2D eigenvalue weighted by Gasteiger charge is 2.27. The van der Waals surface area contributed by atoms with E-state index in [2.05, 4.69) is 45.0 Å². The van der Waals surface area contributed by atoms with Crippen molar-refractivity contribution in [3.8, 4) is 0 Å². The number of hydrogen-bond donors (Lipinski definition) is 1. The van der Waals surface area contributed by atoms with E-state index in [4.69, 9.17) is 0 Å². The van der Waals surface area contributed by atoms with Crippen molar-refractivity contribution < 1.29 is 0 Å². The van der Waals surface area contributed by atoms with Gasteiger partial charge in [-0.1, -0.05) is 30.3 Å². The maximum Gasteiger partial charge on any atom is 0.162 e. The van der Waals surface area contributed by atoms with Gasteiger partial charge in [-0.2, -0.15) is 4.80 Å². The quantitative estimate of drug-likeness (QED) is 0.882. The molecule has 94 valence electrons. The molecule has 0 saturated carbocycles.